The first-order valence-electron chi connectivity index (χ1n) is 7.71. The molecule has 0 radical (unpaired) electrons. The van der Waals surface area contributed by atoms with Gasteiger partial charge in [0.1, 0.15) is 6.61 Å². The van der Waals surface area contributed by atoms with E-state index >= 15 is 0 Å². The Morgan fingerprint density at radius 3 is 2.52 bits per heavy atom. The van der Waals surface area contributed by atoms with Crippen molar-refractivity contribution in [3.8, 4) is 5.88 Å². The SMILES string of the molecule is Cc1cc(CNCC(C)C)cc(OCCOC(C)(C)C)n1. The van der Waals surface area contributed by atoms with Gasteiger partial charge in [0.25, 0.3) is 0 Å². The van der Waals surface area contributed by atoms with Crippen LogP contribution in [0.15, 0.2) is 12.1 Å². The average molecular weight is 294 g/mol. The van der Waals surface area contributed by atoms with Crippen molar-refractivity contribution in [2.75, 3.05) is 19.8 Å². The van der Waals surface area contributed by atoms with Crippen LogP contribution in [-0.4, -0.2) is 30.3 Å². The molecular weight excluding hydrogens is 264 g/mol. The highest BCUT2D eigenvalue weighted by Gasteiger charge is 2.09. The van der Waals surface area contributed by atoms with Crippen molar-refractivity contribution in [2.45, 2.75) is 53.7 Å². The fraction of sp³-hybridized carbons (Fsp3) is 0.706. The van der Waals surface area contributed by atoms with Gasteiger partial charge in [-0.15, -0.1) is 0 Å². The number of aryl methyl sites for hydroxylation is 1. The number of nitrogens with zero attached hydrogens (tertiary/aromatic N) is 1. The summed E-state index contributed by atoms with van der Waals surface area (Å²) in [6.07, 6.45) is 0. The van der Waals surface area contributed by atoms with Gasteiger partial charge in [-0.3, -0.25) is 0 Å². The van der Waals surface area contributed by atoms with Crippen LogP contribution in [0, 0.1) is 12.8 Å². The molecule has 0 saturated heterocycles. The van der Waals surface area contributed by atoms with Gasteiger partial charge in [0.05, 0.1) is 12.2 Å². The molecule has 0 fully saturated rings. The van der Waals surface area contributed by atoms with Crippen LogP contribution in [0.25, 0.3) is 0 Å². The number of ether oxygens (including phenoxy) is 2. The maximum Gasteiger partial charge on any atom is 0.213 e. The van der Waals surface area contributed by atoms with Gasteiger partial charge in [0, 0.05) is 18.3 Å². The van der Waals surface area contributed by atoms with E-state index in [1.165, 1.54) is 5.56 Å². The third-order valence-electron chi connectivity index (χ3n) is 2.74. The van der Waals surface area contributed by atoms with Crippen LogP contribution in [0.5, 0.6) is 5.88 Å². The van der Waals surface area contributed by atoms with Crippen molar-refractivity contribution in [3.05, 3.63) is 23.4 Å². The van der Waals surface area contributed by atoms with E-state index in [1.54, 1.807) is 0 Å². The van der Waals surface area contributed by atoms with Crippen molar-refractivity contribution < 1.29 is 9.47 Å². The molecule has 1 rings (SSSR count). The summed E-state index contributed by atoms with van der Waals surface area (Å²) in [7, 11) is 0. The van der Waals surface area contributed by atoms with E-state index in [2.05, 4.69) is 30.2 Å². The van der Waals surface area contributed by atoms with Gasteiger partial charge >= 0.3 is 0 Å². The number of aromatic nitrogens is 1. The minimum atomic E-state index is -0.130. The fourth-order valence-corrected chi connectivity index (χ4v) is 1.88. The molecule has 120 valence electrons. The lowest BCUT2D eigenvalue weighted by Crippen LogP contribution is -2.22. The molecule has 4 nitrogen and oxygen atoms in total. The number of pyridine rings is 1. The molecule has 0 aliphatic rings. The molecule has 0 spiro atoms. The smallest absolute Gasteiger partial charge is 0.213 e. The molecule has 0 atom stereocenters. The zero-order valence-corrected chi connectivity index (χ0v) is 14.3. The van der Waals surface area contributed by atoms with Gasteiger partial charge in [-0.05, 0) is 51.8 Å². The lowest BCUT2D eigenvalue weighted by atomic mass is 10.2. The van der Waals surface area contributed by atoms with Gasteiger partial charge in [0.15, 0.2) is 0 Å². The van der Waals surface area contributed by atoms with Gasteiger partial charge in [-0.1, -0.05) is 13.8 Å². The zero-order valence-electron chi connectivity index (χ0n) is 14.3. The fourth-order valence-electron chi connectivity index (χ4n) is 1.88. The van der Waals surface area contributed by atoms with Crippen molar-refractivity contribution in [2.24, 2.45) is 5.92 Å². The molecular formula is C17H30N2O2. The van der Waals surface area contributed by atoms with Crippen LogP contribution < -0.4 is 10.1 Å². The molecule has 21 heavy (non-hydrogen) atoms. The second kappa shape index (κ2) is 8.35. The van der Waals surface area contributed by atoms with Gasteiger partial charge in [-0.2, -0.15) is 0 Å². The third-order valence-corrected chi connectivity index (χ3v) is 2.74. The molecule has 0 aliphatic carbocycles. The molecule has 0 unspecified atom stereocenters. The summed E-state index contributed by atoms with van der Waals surface area (Å²) >= 11 is 0. The molecule has 0 aromatic carbocycles. The maximum atomic E-state index is 5.69. The summed E-state index contributed by atoms with van der Waals surface area (Å²) in [6.45, 7) is 15.5. The number of hydrogen-bond donors (Lipinski definition) is 1. The minimum absolute atomic E-state index is 0.130. The van der Waals surface area contributed by atoms with Gasteiger partial charge in [-0.25, -0.2) is 4.98 Å². The zero-order chi connectivity index (χ0) is 15.9. The van der Waals surface area contributed by atoms with E-state index in [9.17, 15) is 0 Å². The first-order chi connectivity index (χ1) is 9.76. The Labute approximate surface area is 129 Å². The van der Waals surface area contributed by atoms with Gasteiger partial charge < -0.3 is 14.8 Å². The van der Waals surface area contributed by atoms with E-state index in [1.807, 2.05) is 33.8 Å². The normalized spacial score (nSPS) is 12.0. The topological polar surface area (TPSA) is 43.4 Å². The Hall–Kier alpha value is -1.13. The summed E-state index contributed by atoms with van der Waals surface area (Å²) in [5, 5.41) is 3.43. The predicted molar refractivity (Wildman–Crippen MR) is 86.7 cm³/mol. The number of rotatable bonds is 8. The quantitative estimate of drug-likeness (QED) is 0.747. The van der Waals surface area contributed by atoms with E-state index < -0.39 is 0 Å². The third kappa shape index (κ3) is 8.68. The maximum absolute atomic E-state index is 5.69. The van der Waals surface area contributed by atoms with Crippen LogP contribution in [0.2, 0.25) is 0 Å². The Bertz CT molecular complexity index is 425. The van der Waals surface area contributed by atoms with Crippen molar-refractivity contribution >= 4 is 0 Å². The highest BCUT2D eigenvalue weighted by molar-refractivity contribution is 5.24. The van der Waals surface area contributed by atoms with Crippen molar-refractivity contribution in [1.82, 2.24) is 10.3 Å². The average Bonchev–Trinajstić information content (AvgIpc) is 2.32. The molecule has 0 bridgehead atoms. The summed E-state index contributed by atoms with van der Waals surface area (Å²) in [5.41, 5.74) is 2.05. The predicted octanol–water partition coefficient (Wildman–Crippen LogP) is 3.33. The minimum Gasteiger partial charge on any atom is -0.475 e. The number of hydrogen-bond acceptors (Lipinski definition) is 4. The molecule has 1 heterocycles. The summed E-state index contributed by atoms with van der Waals surface area (Å²) in [4.78, 5) is 4.41. The largest absolute Gasteiger partial charge is 0.475 e. The Balaban J connectivity index is 2.45. The van der Waals surface area contributed by atoms with Crippen LogP contribution in [0.3, 0.4) is 0 Å². The second-order valence-electron chi connectivity index (χ2n) is 6.79. The summed E-state index contributed by atoms with van der Waals surface area (Å²) in [5.74, 6) is 1.33. The molecule has 0 amide bonds. The summed E-state index contributed by atoms with van der Waals surface area (Å²) < 4.78 is 11.3. The second-order valence-corrected chi connectivity index (χ2v) is 6.79. The van der Waals surface area contributed by atoms with E-state index in [-0.39, 0.29) is 5.60 Å². The van der Waals surface area contributed by atoms with Crippen LogP contribution in [0.4, 0.5) is 0 Å². The molecule has 0 aliphatic heterocycles. The molecule has 4 heteroatoms. The van der Waals surface area contributed by atoms with Crippen molar-refractivity contribution in [3.63, 3.8) is 0 Å². The molecule has 1 aromatic heterocycles. The lowest BCUT2D eigenvalue weighted by molar-refractivity contribution is -0.0168. The molecule has 1 aromatic rings. The van der Waals surface area contributed by atoms with Crippen LogP contribution in [-0.2, 0) is 11.3 Å². The first kappa shape index (κ1) is 17.9. The Kier molecular flexibility index (Phi) is 7.12. The highest BCUT2D eigenvalue weighted by atomic mass is 16.5. The molecule has 0 saturated carbocycles. The first-order valence-corrected chi connectivity index (χ1v) is 7.71. The van der Waals surface area contributed by atoms with E-state index in [4.69, 9.17) is 9.47 Å². The van der Waals surface area contributed by atoms with Crippen LogP contribution >= 0.6 is 0 Å². The summed E-state index contributed by atoms with van der Waals surface area (Å²) in [6, 6.07) is 4.09. The van der Waals surface area contributed by atoms with Gasteiger partial charge in [0.2, 0.25) is 5.88 Å². The number of nitrogens with one attached hydrogen (secondary N) is 1. The monoisotopic (exact) mass is 294 g/mol. The molecule has 1 N–H and O–H groups in total. The van der Waals surface area contributed by atoms with Crippen molar-refractivity contribution in [1.29, 1.82) is 0 Å². The lowest BCUT2D eigenvalue weighted by Gasteiger charge is -2.19. The Morgan fingerprint density at radius 1 is 1.19 bits per heavy atom. The highest BCUT2D eigenvalue weighted by Crippen LogP contribution is 2.13. The van der Waals surface area contributed by atoms with E-state index in [0.29, 0.717) is 25.0 Å². The standard InChI is InChI=1S/C17H30N2O2/c1-13(2)11-18-12-15-9-14(3)19-16(10-15)20-7-8-21-17(4,5)6/h9-10,13,18H,7-8,11-12H2,1-6H3. The Morgan fingerprint density at radius 2 is 1.90 bits per heavy atom. The van der Waals surface area contributed by atoms with E-state index in [0.717, 1.165) is 18.8 Å². The van der Waals surface area contributed by atoms with Crippen LogP contribution in [0.1, 0.15) is 45.9 Å².